The van der Waals surface area contributed by atoms with Crippen LogP contribution in [0.25, 0.3) is 10.3 Å². The number of hydrogen-bond donors (Lipinski definition) is 1. The molecule has 1 aliphatic heterocycles. The Balaban J connectivity index is 1.98. The van der Waals surface area contributed by atoms with Crippen LogP contribution in [0.5, 0.6) is 0 Å². The third-order valence-corrected chi connectivity index (χ3v) is 4.28. The van der Waals surface area contributed by atoms with E-state index in [2.05, 4.69) is 22.2 Å². The van der Waals surface area contributed by atoms with Crippen LogP contribution in [0, 0.1) is 5.92 Å². The van der Waals surface area contributed by atoms with E-state index in [1.807, 2.05) is 18.3 Å². The Bertz CT molecular complexity index is 461. The van der Waals surface area contributed by atoms with Gasteiger partial charge in [-0.05, 0) is 37.4 Å². The van der Waals surface area contributed by atoms with Gasteiger partial charge < -0.3 is 5.32 Å². The van der Waals surface area contributed by atoms with Crippen molar-refractivity contribution in [1.29, 1.82) is 0 Å². The van der Waals surface area contributed by atoms with Crippen LogP contribution in [0.4, 0.5) is 0 Å². The van der Waals surface area contributed by atoms with E-state index in [-0.39, 0.29) is 0 Å². The largest absolute Gasteiger partial charge is 0.308 e. The van der Waals surface area contributed by atoms with E-state index in [0.29, 0.717) is 12.0 Å². The van der Waals surface area contributed by atoms with Gasteiger partial charge in [0.1, 0.15) is 15.4 Å². The second-order valence-electron chi connectivity index (χ2n) is 4.43. The molecule has 0 aliphatic carbocycles. The molecule has 84 valence electrons. The smallest absolute Gasteiger partial charge is 0.143 e. The van der Waals surface area contributed by atoms with Crippen LogP contribution in [0.15, 0.2) is 18.3 Å². The molecule has 2 atom stereocenters. The van der Waals surface area contributed by atoms with E-state index in [4.69, 9.17) is 0 Å². The summed E-state index contributed by atoms with van der Waals surface area (Å²) in [5.74, 6) is 0.675. The van der Waals surface area contributed by atoms with Gasteiger partial charge in [0, 0.05) is 6.20 Å². The summed E-state index contributed by atoms with van der Waals surface area (Å²) in [5, 5.41) is 4.76. The molecule has 0 spiro atoms. The monoisotopic (exact) mass is 233 g/mol. The van der Waals surface area contributed by atoms with E-state index in [9.17, 15) is 0 Å². The molecule has 2 unspecified atom stereocenters. The molecule has 0 radical (unpaired) electrons. The van der Waals surface area contributed by atoms with E-state index in [1.165, 1.54) is 17.8 Å². The number of nitrogens with one attached hydrogen (secondary N) is 1. The summed E-state index contributed by atoms with van der Waals surface area (Å²) in [7, 11) is 0. The molecular weight excluding hydrogens is 218 g/mol. The first-order valence-corrected chi connectivity index (χ1v) is 6.61. The van der Waals surface area contributed by atoms with Crippen molar-refractivity contribution in [3.05, 3.63) is 23.3 Å². The quantitative estimate of drug-likeness (QED) is 0.823. The lowest BCUT2D eigenvalue weighted by molar-refractivity contribution is 0.305. The first kappa shape index (κ1) is 10.2. The molecule has 1 aliphatic rings. The second kappa shape index (κ2) is 4.11. The molecule has 4 heteroatoms. The Morgan fingerprint density at radius 2 is 2.44 bits per heavy atom. The Morgan fingerprint density at radius 3 is 3.25 bits per heavy atom. The first-order valence-electron chi connectivity index (χ1n) is 5.79. The van der Waals surface area contributed by atoms with E-state index in [1.54, 1.807) is 11.3 Å². The highest BCUT2D eigenvalue weighted by molar-refractivity contribution is 7.18. The van der Waals surface area contributed by atoms with Crippen molar-refractivity contribution in [2.45, 2.75) is 25.8 Å². The molecule has 0 bridgehead atoms. The van der Waals surface area contributed by atoms with Gasteiger partial charge in [0.2, 0.25) is 0 Å². The van der Waals surface area contributed by atoms with Crippen LogP contribution in [-0.2, 0) is 0 Å². The van der Waals surface area contributed by atoms with Crippen LogP contribution >= 0.6 is 11.3 Å². The minimum Gasteiger partial charge on any atom is -0.308 e. The lowest BCUT2D eigenvalue weighted by atomic mass is 9.93. The summed E-state index contributed by atoms with van der Waals surface area (Å²) in [5.41, 5.74) is 1.03. The van der Waals surface area contributed by atoms with Crippen LogP contribution in [0.3, 0.4) is 0 Å². The Labute approximate surface area is 98.9 Å². The normalized spacial score (nSPS) is 26.1. The summed E-state index contributed by atoms with van der Waals surface area (Å²) in [6.45, 7) is 3.41. The van der Waals surface area contributed by atoms with Crippen LogP contribution < -0.4 is 5.32 Å². The van der Waals surface area contributed by atoms with Gasteiger partial charge >= 0.3 is 0 Å². The summed E-state index contributed by atoms with van der Waals surface area (Å²) in [6, 6.07) is 4.41. The van der Waals surface area contributed by atoms with Crippen molar-refractivity contribution in [3.8, 4) is 0 Å². The van der Waals surface area contributed by atoms with Crippen molar-refractivity contribution in [3.63, 3.8) is 0 Å². The van der Waals surface area contributed by atoms with E-state index in [0.717, 1.165) is 16.9 Å². The number of hydrogen-bond acceptors (Lipinski definition) is 4. The number of piperidine rings is 1. The van der Waals surface area contributed by atoms with Gasteiger partial charge in [-0.3, -0.25) is 0 Å². The molecule has 3 nitrogen and oxygen atoms in total. The number of aromatic nitrogens is 2. The van der Waals surface area contributed by atoms with Crippen LogP contribution in [-0.4, -0.2) is 16.5 Å². The zero-order chi connectivity index (χ0) is 11.0. The molecular formula is C12H15N3S. The van der Waals surface area contributed by atoms with Crippen molar-refractivity contribution in [2.75, 3.05) is 6.54 Å². The van der Waals surface area contributed by atoms with Gasteiger partial charge in [-0.1, -0.05) is 18.3 Å². The summed E-state index contributed by atoms with van der Waals surface area (Å²) < 4.78 is 0. The number of nitrogens with zero attached hydrogens (tertiary/aromatic N) is 2. The van der Waals surface area contributed by atoms with Gasteiger partial charge in [-0.2, -0.15) is 0 Å². The van der Waals surface area contributed by atoms with Crippen LogP contribution in [0.1, 0.15) is 30.8 Å². The minimum absolute atomic E-state index is 0.424. The van der Waals surface area contributed by atoms with Crippen molar-refractivity contribution in [2.24, 2.45) is 5.92 Å². The van der Waals surface area contributed by atoms with Crippen molar-refractivity contribution >= 4 is 21.7 Å². The van der Waals surface area contributed by atoms with E-state index < -0.39 is 0 Å². The highest BCUT2D eigenvalue weighted by atomic mass is 32.1. The molecule has 1 saturated heterocycles. The zero-order valence-corrected chi connectivity index (χ0v) is 10.1. The first-order chi connectivity index (χ1) is 7.84. The molecule has 0 saturated carbocycles. The molecule has 1 N–H and O–H groups in total. The summed E-state index contributed by atoms with van der Waals surface area (Å²) in [4.78, 5) is 10.1. The Kier molecular flexibility index (Phi) is 2.61. The third-order valence-electron chi connectivity index (χ3n) is 3.22. The zero-order valence-electron chi connectivity index (χ0n) is 9.31. The lowest BCUT2D eigenvalue weighted by Gasteiger charge is -2.28. The molecule has 2 aromatic heterocycles. The number of thiazole rings is 1. The summed E-state index contributed by atoms with van der Waals surface area (Å²) in [6.07, 6.45) is 4.41. The average molecular weight is 233 g/mol. The maximum absolute atomic E-state index is 4.68. The molecule has 1 fully saturated rings. The van der Waals surface area contributed by atoms with Crippen LogP contribution in [0.2, 0.25) is 0 Å². The highest BCUT2D eigenvalue weighted by Gasteiger charge is 2.25. The average Bonchev–Trinajstić information content (AvgIpc) is 2.73. The minimum atomic E-state index is 0.424. The highest BCUT2D eigenvalue weighted by Crippen LogP contribution is 2.32. The molecule has 3 heterocycles. The lowest BCUT2D eigenvalue weighted by Crippen LogP contribution is -2.32. The third kappa shape index (κ3) is 1.72. The number of rotatable bonds is 1. The van der Waals surface area contributed by atoms with Gasteiger partial charge in [0.25, 0.3) is 0 Å². The SMILES string of the molecule is CC1CCCNC1c1nc2cccnc2s1. The van der Waals surface area contributed by atoms with Crippen molar-refractivity contribution in [1.82, 2.24) is 15.3 Å². The number of fused-ring (bicyclic) bond motifs is 1. The van der Waals surface area contributed by atoms with Gasteiger partial charge in [-0.25, -0.2) is 9.97 Å². The topological polar surface area (TPSA) is 37.8 Å². The van der Waals surface area contributed by atoms with E-state index >= 15 is 0 Å². The molecule has 3 rings (SSSR count). The van der Waals surface area contributed by atoms with Crippen molar-refractivity contribution < 1.29 is 0 Å². The van der Waals surface area contributed by atoms with Gasteiger partial charge in [0.15, 0.2) is 0 Å². The predicted molar refractivity (Wildman–Crippen MR) is 66.6 cm³/mol. The standard InChI is InChI=1S/C12H15N3S/c1-8-4-2-6-13-10(8)12-15-9-5-3-7-14-11(9)16-12/h3,5,7-8,10,13H,2,4,6H2,1H3. The maximum atomic E-state index is 4.68. The molecule has 16 heavy (non-hydrogen) atoms. The molecule has 2 aromatic rings. The fourth-order valence-corrected chi connectivity index (χ4v) is 3.42. The molecule has 0 aromatic carbocycles. The predicted octanol–water partition coefficient (Wildman–Crippen LogP) is 2.75. The maximum Gasteiger partial charge on any atom is 0.143 e. The van der Waals surface area contributed by atoms with Gasteiger partial charge in [-0.15, -0.1) is 0 Å². The summed E-state index contributed by atoms with van der Waals surface area (Å²) >= 11 is 1.72. The Morgan fingerprint density at radius 1 is 1.50 bits per heavy atom. The van der Waals surface area contributed by atoms with Gasteiger partial charge in [0.05, 0.1) is 6.04 Å². The fourth-order valence-electron chi connectivity index (χ4n) is 2.30. The second-order valence-corrected chi connectivity index (χ2v) is 5.44. The number of pyridine rings is 1. The Hall–Kier alpha value is -1.00. The fraction of sp³-hybridized carbons (Fsp3) is 0.500. The molecule has 0 amide bonds.